The maximum absolute atomic E-state index is 12.7. The van der Waals surface area contributed by atoms with Crippen molar-refractivity contribution in [3.8, 4) is 0 Å². The number of carbonyl (C=O) groups excluding carboxylic acids is 2. The Kier molecular flexibility index (Phi) is 7.09. The van der Waals surface area contributed by atoms with E-state index in [0.717, 1.165) is 25.7 Å². The van der Waals surface area contributed by atoms with Crippen LogP contribution in [0.1, 0.15) is 86.5 Å². The molecule has 1 atom stereocenters. The Balaban J connectivity index is 2.74. The van der Waals surface area contributed by atoms with Gasteiger partial charge in [0.2, 0.25) is 5.91 Å². The Hall–Kier alpha value is -1.06. The maximum atomic E-state index is 12.7. The Labute approximate surface area is 141 Å². The summed E-state index contributed by atoms with van der Waals surface area (Å²) in [5.41, 5.74) is -1.21. The van der Waals surface area contributed by atoms with E-state index >= 15 is 0 Å². The predicted octanol–water partition coefficient (Wildman–Crippen LogP) is 4.22. The molecule has 0 radical (unpaired) electrons. The quantitative estimate of drug-likeness (QED) is 0.713. The summed E-state index contributed by atoms with van der Waals surface area (Å²) in [4.78, 5) is 25.2. The van der Waals surface area contributed by atoms with Gasteiger partial charge < -0.3 is 10.1 Å². The lowest BCUT2D eigenvalue weighted by Gasteiger charge is -2.36. The standard InChI is InChI=1S/C19H35NO3/c1-7-19(6,13-18(4,5)16(21)20-14(2)3)17(22)23-15-11-9-8-10-12-15/h14-15H,7-13H2,1-6H3,(H,20,21). The lowest BCUT2D eigenvalue weighted by atomic mass is 9.72. The van der Waals surface area contributed by atoms with Crippen LogP contribution in [0.15, 0.2) is 0 Å². The van der Waals surface area contributed by atoms with Gasteiger partial charge in [0.1, 0.15) is 6.10 Å². The van der Waals surface area contributed by atoms with Gasteiger partial charge in [0.25, 0.3) is 0 Å². The number of rotatable bonds is 7. The minimum atomic E-state index is -0.616. The van der Waals surface area contributed by atoms with Gasteiger partial charge in [0.05, 0.1) is 5.41 Å². The molecular weight excluding hydrogens is 290 g/mol. The fraction of sp³-hybridized carbons (Fsp3) is 0.895. The van der Waals surface area contributed by atoms with Crippen LogP contribution >= 0.6 is 0 Å². The molecular formula is C19H35NO3. The average Bonchev–Trinajstić information content (AvgIpc) is 2.47. The van der Waals surface area contributed by atoms with Gasteiger partial charge in [-0.25, -0.2) is 0 Å². The van der Waals surface area contributed by atoms with Crippen LogP contribution < -0.4 is 5.32 Å². The summed E-state index contributed by atoms with van der Waals surface area (Å²) in [5.74, 6) is -0.144. The molecule has 0 aromatic rings. The molecule has 23 heavy (non-hydrogen) atoms. The lowest BCUT2D eigenvalue weighted by molar-refractivity contribution is -0.165. The van der Waals surface area contributed by atoms with Crippen molar-refractivity contribution in [1.82, 2.24) is 5.32 Å². The highest BCUT2D eigenvalue weighted by Crippen LogP contribution is 2.38. The zero-order chi connectivity index (χ0) is 17.7. The van der Waals surface area contributed by atoms with Crippen LogP contribution in [-0.2, 0) is 14.3 Å². The van der Waals surface area contributed by atoms with E-state index in [1.54, 1.807) is 0 Å². The predicted molar refractivity (Wildman–Crippen MR) is 93.0 cm³/mol. The van der Waals surface area contributed by atoms with Crippen molar-refractivity contribution in [3.05, 3.63) is 0 Å². The van der Waals surface area contributed by atoms with Crippen molar-refractivity contribution in [1.29, 1.82) is 0 Å². The fourth-order valence-corrected chi connectivity index (χ4v) is 3.33. The zero-order valence-corrected chi connectivity index (χ0v) is 15.8. The second-order valence-electron chi connectivity index (χ2n) is 8.27. The van der Waals surface area contributed by atoms with E-state index in [4.69, 9.17) is 4.74 Å². The van der Waals surface area contributed by atoms with Gasteiger partial charge in [-0.2, -0.15) is 0 Å². The van der Waals surface area contributed by atoms with Crippen LogP contribution in [0.2, 0.25) is 0 Å². The molecule has 1 unspecified atom stereocenters. The molecule has 1 N–H and O–H groups in total. The van der Waals surface area contributed by atoms with Gasteiger partial charge in [-0.15, -0.1) is 0 Å². The monoisotopic (exact) mass is 325 g/mol. The number of hydrogen-bond donors (Lipinski definition) is 1. The molecule has 1 rings (SSSR count). The highest BCUT2D eigenvalue weighted by molar-refractivity contribution is 5.84. The first-order chi connectivity index (χ1) is 10.6. The third-order valence-electron chi connectivity index (χ3n) is 4.97. The molecule has 0 aliphatic heterocycles. The number of carbonyl (C=O) groups is 2. The zero-order valence-electron chi connectivity index (χ0n) is 15.8. The van der Waals surface area contributed by atoms with E-state index in [1.807, 2.05) is 41.5 Å². The number of nitrogens with one attached hydrogen (secondary N) is 1. The Morgan fingerprint density at radius 2 is 1.70 bits per heavy atom. The first-order valence-corrected chi connectivity index (χ1v) is 9.13. The molecule has 1 aliphatic rings. The molecule has 1 amide bonds. The second-order valence-corrected chi connectivity index (χ2v) is 8.27. The molecule has 0 aromatic heterocycles. The van der Waals surface area contributed by atoms with E-state index < -0.39 is 10.8 Å². The van der Waals surface area contributed by atoms with Gasteiger partial charge >= 0.3 is 5.97 Å². The molecule has 0 spiro atoms. The summed E-state index contributed by atoms with van der Waals surface area (Å²) in [6, 6.07) is 0.101. The van der Waals surface area contributed by atoms with E-state index in [-0.39, 0.29) is 24.0 Å². The van der Waals surface area contributed by atoms with Crippen molar-refractivity contribution in [2.75, 3.05) is 0 Å². The van der Waals surface area contributed by atoms with Crippen molar-refractivity contribution < 1.29 is 14.3 Å². The first-order valence-electron chi connectivity index (χ1n) is 9.13. The van der Waals surface area contributed by atoms with Crippen LogP contribution in [0.3, 0.4) is 0 Å². The van der Waals surface area contributed by atoms with Crippen molar-refractivity contribution >= 4 is 11.9 Å². The lowest BCUT2D eigenvalue weighted by Crippen LogP contribution is -2.45. The van der Waals surface area contributed by atoms with Gasteiger partial charge in [-0.05, 0) is 59.3 Å². The highest BCUT2D eigenvalue weighted by Gasteiger charge is 2.42. The number of hydrogen-bond acceptors (Lipinski definition) is 3. The highest BCUT2D eigenvalue weighted by atomic mass is 16.5. The fourth-order valence-electron chi connectivity index (χ4n) is 3.33. The summed E-state index contributed by atoms with van der Waals surface area (Å²) in [6.07, 6.45) is 6.71. The van der Waals surface area contributed by atoms with Crippen molar-refractivity contribution in [2.45, 2.75) is 98.6 Å². The van der Waals surface area contributed by atoms with Crippen LogP contribution in [0.5, 0.6) is 0 Å². The van der Waals surface area contributed by atoms with E-state index in [9.17, 15) is 9.59 Å². The summed E-state index contributed by atoms with van der Waals surface area (Å²) in [6.45, 7) is 11.6. The van der Waals surface area contributed by atoms with Gasteiger partial charge in [-0.1, -0.05) is 27.2 Å². The molecule has 4 heteroatoms. The number of esters is 1. The van der Waals surface area contributed by atoms with Crippen LogP contribution in [0, 0.1) is 10.8 Å². The Morgan fingerprint density at radius 1 is 1.13 bits per heavy atom. The van der Waals surface area contributed by atoms with E-state index in [2.05, 4.69) is 5.32 Å². The van der Waals surface area contributed by atoms with Gasteiger partial charge in [-0.3, -0.25) is 9.59 Å². The molecule has 0 aromatic carbocycles. The summed E-state index contributed by atoms with van der Waals surface area (Å²) in [5, 5.41) is 2.96. The summed E-state index contributed by atoms with van der Waals surface area (Å²) >= 11 is 0. The second kappa shape index (κ2) is 8.16. The molecule has 4 nitrogen and oxygen atoms in total. The molecule has 1 saturated carbocycles. The molecule has 0 heterocycles. The summed E-state index contributed by atoms with van der Waals surface area (Å²) < 4.78 is 5.78. The van der Waals surface area contributed by atoms with E-state index in [1.165, 1.54) is 6.42 Å². The molecule has 0 saturated heterocycles. The van der Waals surface area contributed by atoms with Crippen molar-refractivity contribution in [2.24, 2.45) is 10.8 Å². The van der Waals surface area contributed by atoms with Crippen LogP contribution in [0.4, 0.5) is 0 Å². The smallest absolute Gasteiger partial charge is 0.312 e. The van der Waals surface area contributed by atoms with E-state index in [0.29, 0.717) is 12.8 Å². The first kappa shape index (κ1) is 20.0. The van der Waals surface area contributed by atoms with Crippen LogP contribution in [-0.4, -0.2) is 24.0 Å². The number of amides is 1. The van der Waals surface area contributed by atoms with Gasteiger partial charge in [0, 0.05) is 11.5 Å². The normalized spacial score (nSPS) is 19.3. The minimum Gasteiger partial charge on any atom is -0.462 e. The summed E-state index contributed by atoms with van der Waals surface area (Å²) in [7, 11) is 0. The maximum Gasteiger partial charge on any atom is 0.312 e. The molecule has 134 valence electrons. The third-order valence-corrected chi connectivity index (χ3v) is 4.97. The van der Waals surface area contributed by atoms with Crippen molar-refractivity contribution in [3.63, 3.8) is 0 Å². The average molecular weight is 325 g/mol. The van der Waals surface area contributed by atoms with Gasteiger partial charge in [0.15, 0.2) is 0 Å². The largest absolute Gasteiger partial charge is 0.462 e. The minimum absolute atomic E-state index is 0.00218. The molecule has 0 bridgehead atoms. The Bertz CT molecular complexity index is 411. The molecule has 1 aliphatic carbocycles. The van der Waals surface area contributed by atoms with Crippen LogP contribution in [0.25, 0.3) is 0 Å². The third kappa shape index (κ3) is 5.82. The topological polar surface area (TPSA) is 55.4 Å². The Morgan fingerprint density at radius 3 is 2.17 bits per heavy atom. The molecule has 1 fully saturated rings. The SMILES string of the molecule is CCC(C)(CC(C)(C)C(=O)NC(C)C)C(=O)OC1CCCCC1. The number of ether oxygens (including phenoxy) is 1.